The topological polar surface area (TPSA) is 46.3 Å². The van der Waals surface area contributed by atoms with E-state index in [-0.39, 0.29) is 11.8 Å². The van der Waals surface area contributed by atoms with Crippen molar-refractivity contribution < 1.29 is 4.79 Å². The van der Waals surface area contributed by atoms with Crippen molar-refractivity contribution in [2.45, 2.75) is 32.9 Å². The average Bonchev–Trinajstić information content (AvgIpc) is 3.17. The fourth-order valence-corrected chi connectivity index (χ4v) is 3.78. The van der Waals surface area contributed by atoms with Gasteiger partial charge in [-0.1, -0.05) is 25.5 Å². The molecular formula is C16H22N2OS2. The molecule has 0 aliphatic carbocycles. The molecule has 0 bridgehead atoms. The van der Waals surface area contributed by atoms with E-state index in [0.717, 1.165) is 12.8 Å². The zero-order valence-electron chi connectivity index (χ0n) is 12.3. The van der Waals surface area contributed by atoms with Gasteiger partial charge in [0.15, 0.2) is 0 Å². The predicted octanol–water partition coefficient (Wildman–Crippen LogP) is 3.71. The minimum Gasteiger partial charge on any atom is -0.332 e. The molecule has 21 heavy (non-hydrogen) atoms. The van der Waals surface area contributed by atoms with Crippen molar-refractivity contribution in [3.63, 3.8) is 0 Å². The molecule has 1 amide bonds. The number of hydrogen-bond acceptors (Lipinski definition) is 4. The lowest BCUT2D eigenvalue weighted by molar-refractivity contribution is -0.136. The zero-order valence-corrected chi connectivity index (χ0v) is 14.0. The van der Waals surface area contributed by atoms with Crippen LogP contribution in [0.2, 0.25) is 0 Å². The highest BCUT2D eigenvalue weighted by Gasteiger charge is 2.23. The normalized spacial score (nSPS) is 12.3. The summed E-state index contributed by atoms with van der Waals surface area (Å²) < 4.78 is 0. The number of amides is 1. The highest BCUT2D eigenvalue weighted by atomic mass is 32.1. The van der Waals surface area contributed by atoms with Crippen molar-refractivity contribution in [3.8, 4) is 0 Å². The second-order valence-electron chi connectivity index (χ2n) is 5.07. The number of nitrogens with two attached hydrogens (primary N) is 1. The lowest BCUT2D eigenvalue weighted by atomic mass is 10.0. The molecule has 0 aliphatic rings. The van der Waals surface area contributed by atoms with Crippen molar-refractivity contribution in [1.82, 2.24) is 4.90 Å². The number of rotatable bonds is 8. The molecule has 3 nitrogen and oxygen atoms in total. The van der Waals surface area contributed by atoms with E-state index in [4.69, 9.17) is 5.73 Å². The first-order chi connectivity index (χ1) is 10.2. The maximum absolute atomic E-state index is 12.8. The molecule has 2 aromatic heterocycles. The second kappa shape index (κ2) is 8.32. The molecule has 5 heteroatoms. The summed E-state index contributed by atoms with van der Waals surface area (Å²) in [6.45, 7) is 3.88. The zero-order chi connectivity index (χ0) is 15.1. The van der Waals surface area contributed by atoms with Crippen molar-refractivity contribution in [2.75, 3.05) is 6.54 Å². The summed E-state index contributed by atoms with van der Waals surface area (Å²) in [6, 6.07) is 8.22. The van der Waals surface area contributed by atoms with E-state index in [1.54, 1.807) is 22.7 Å². The molecule has 1 atom stereocenters. The summed E-state index contributed by atoms with van der Waals surface area (Å²) in [5.74, 6) is 0.121. The molecule has 0 aliphatic heterocycles. The number of thiophene rings is 2. The molecule has 0 fully saturated rings. The Labute approximate surface area is 134 Å². The van der Waals surface area contributed by atoms with Gasteiger partial charge in [-0.15, -0.1) is 22.7 Å². The highest BCUT2D eigenvalue weighted by molar-refractivity contribution is 7.10. The second-order valence-corrected chi connectivity index (χ2v) is 7.14. The van der Waals surface area contributed by atoms with E-state index in [2.05, 4.69) is 29.8 Å². The van der Waals surface area contributed by atoms with Gasteiger partial charge in [0.1, 0.15) is 0 Å². The van der Waals surface area contributed by atoms with E-state index < -0.39 is 0 Å². The molecule has 2 aromatic rings. The number of nitrogens with zero attached hydrogens (tertiary/aromatic N) is 1. The summed E-state index contributed by atoms with van der Waals surface area (Å²) >= 11 is 3.38. The molecule has 0 saturated carbocycles. The summed E-state index contributed by atoms with van der Waals surface area (Å²) in [5, 5.41) is 4.10. The molecule has 0 radical (unpaired) electrons. The quantitative estimate of drug-likeness (QED) is 0.805. The van der Waals surface area contributed by atoms with E-state index in [0.29, 0.717) is 19.6 Å². The third-order valence-electron chi connectivity index (χ3n) is 3.44. The van der Waals surface area contributed by atoms with Crippen molar-refractivity contribution in [1.29, 1.82) is 0 Å². The number of carbonyl (C=O) groups excluding carboxylic acids is 1. The fourth-order valence-electron chi connectivity index (χ4n) is 2.34. The van der Waals surface area contributed by atoms with Gasteiger partial charge in [-0.05, 0) is 29.3 Å². The first kappa shape index (κ1) is 16.2. The van der Waals surface area contributed by atoms with Gasteiger partial charge in [0.2, 0.25) is 5.91 Å². The van der Waals surface area contributed by atoms with Crippen LogP contribution in [-0.4, -0.2) is 17.4 Å². The van der Waals surface area contributed by atoms with Gasteiger partial charge in [0.25, 0.3) is 0 Å². The molecule has 114 valence electrons. The Kier molecular flexibility index (Phi) is 6.42. The van der Waals surface area contributed by atoms with Crippen LogP contribution in [0.4, 0.5) is 0 Å². The van der Waals surface area contributed by atoms with Gasteiger partial charge in [0, 0.05) is 16.3 Å². The molecular weight excluding hydrogens is 300 g/mol. The largest absolute Gasteiger partial charge is 0.332 e. The van der Waals surface area contributed by atoms with Gasteiger partial charge in [-0.3, -0.25) is 4.79 Å². The van der Waals surface area contributed by atoms with Gasteiger partial charge in [0.05, 0.1) is 19.0 Å². The maximum atomic E-state index is 12.8. The van der Waals surface area contributed by atoms with Crippen LogP contribution >= 0.6 is 22.7 Å². The van der Waals surface area contributed by atoms with Crippen LogP contribution < -0.4 is 5.73 Å². The summed E-state index contributed by atoms with van der Waals surface area (Å²) in [6.07, 6.45) is 1.85. The summed E-state index contributed by atoms with van der Waals surface area (Å²) in [4.78, 5) is 17.2. The van der Waals surface area contributed by atoms with Crippen LogP contribution in [0, 0.1) is 5.92 Å². The minimum atomic E-state index is -0.0603. The number of carbonyl (C=O) groups is 1. The maximum Gasteiger partial charge on any atom is 0.227 e. The summed E-state index contributed by atoms with van der Waals surface area (Å²) in [5.41, 5.74) is 5.80. The first-order valence-electron chi connectivity index (χ1n) is 7.28. The van der Waals surface area contributed by atoms with Gasteiger partial charge in [-0.2, -0.15) is 0 Å². The molecule has 0 aromatic carbocycles. The first-order valence-corrected chi connectivity index (χ1v) is 9.04. The lowest BCUT2D eigenvalue weighted by Crippen LogP contribution is -2.38. The Morgan fingerprint density at radius 2 is 1.76 bits per heavy atom. The van der Waals surface area contributed by atoms with Crippen LogP contribution in [0.5, 0.6) is 0 Å². The Bertz CT molecular complexity index is 486. The monoisotopic (exact) mass is 322 g/mol. The van der Waals surface area contributed by atoms with Gasteiger partial charge in [-0.25, -0.2) is 0 Å². The van der Waals surface area contributed by atoms with Gasteiger partial charge < -0.3 is 10.6 Å². The van der Waals surface area contributed by atoms with Crippen molar-refractivity contribution in [3.05, 3.63) is 44.8 Å². The highest BCUT2D eigenvalue weighted by Crippen LogP contribution is 2.20. The SMILES string of the molecule is CCCC(CN)C(=O)N(Cc1cccs1)Cc1cccs1. The van der Waals surface area contributed by atoms with Crippen LogP contribution in [-0.2, 0) is 17.9 Å². The van der Waals surface area contributed by atoms with E-state index in [9.17, 15) is 4.79 Å². The minimum absolute atomic E-state index is 0.0603. The molecule has 2 rings (SSSR count). The van der Waals surface area contributed by atoms with E-state index in [1.165, 1.54) is 9.75 Å². The smallest absolute Gasteiger partial charge is 0.227 e. The van der Waals surface area contributed by atoms with Gasteiger partial charge >= 0.3 is 0 Å². The predicted molar refractivity (Wildman–Crippen MR) is 90.3 cm³/mol. The molecule has 0 spiro atoms. The third-order valence-corrected chi connectivity index (χ3v) is 5.16. The number of hydrogen-bond donors (Lipinski definition) is 1. The molecule has 2 heterocycles. The van der Waals surface area contributed by atoms with Crippen LogP contribution in [0.3, 0.4) is 0 Å². The van der Waals surface area contributed by atoms with Crippen molar-refractivity contribution in [2.24, 2.45) is 11.7 Å². The lowest BCUT2D eigenvalue weighted by Gasteiger charge is -2.26. The summed E-state index contributed by atoms with van der Waals surface area (Å²) in [7, 11) is 0. The van der Waals surface area contributed by atoms with E-state index in [1.807, 2.05) is 17.0 Å². The Morgan fingerprint density at radius 3 is 2.14 bits per heavy atom. The van der Waals surface area contributed by atoms with Crippen LogP contribution in [0.25, 0.3) is 0 Å². The third kappa shape index (κ3) is 4.66. The fraction of sp³-hybridized carbons (Fsp3) is 0.438. The van der Waals surface area contributed by atoms with Crippen LogP contribution in [0.15, 0.2) is 35.0 Å². The van der Waals surface area contributed by atoms with Crippen LogP contribution in [0.1, 0.15) is 29.5 Å². The molecule has 2 N–H and O–H groups in total. The Morgan fingerprint density at radius 1 is 1.19 bits per heavy atom. The molecule has 0 saturated heterocycles. The Hall–Kier alpha value is -1.17. The van der Waals surface area contributed by atoms with Crippen molar-refractivity contribution >= 4 is 28.6 Å². The Balaban J connectivity index is 2.11. The average molecular weight is 322 g/mol. The van der Waals surface area contributed by atoms with E-state index >= 15 is 0 Å². The molecule has 1 unspecified atom stereocenters. The standard InChI is InChI=1S/C16H22N2OS2/c1-2-5-13(10-17)16(19)18(11-14-6-3-8-20-14)12-15-7-4-9-21-15/h3-4,6-9,13H,2,5,10-12,17H2,1H3.